The number of anilines is 1. The van der Waals surface area contributed by atoms with Crippen LogP contribution in [0.15, 0.2) is 30.3 Å². The van der Waals surface area contributed by atoms with Crippen LogP contribution in [0.2, 0.25) is 0 Å². The van der Waals surface area contributed by atoms with Crippen LogP contribution in [0.1, 0.15) is 0 Å². The van der Waals surface area contributed by atoms with Gasteiger partial charge in [0.15, 0.2) is 0 Å². The fourth-order valence-electron chi connectivity index (χ4n) is 1.10. The molecule has 4 nitrogen and oxygen atoms in total. The third-order valence-corrected chi connectivity index (χ3v) is 2.09. The summed E-state index contributed by atoms with van der Waals surface area (Å²) in [6.07, 6.45) is 0. The van der Waals surface area contributed by atoms with E-state index in [9.17, 15) is 0 Å². The van der Waals surface area contributed by atoms with Gasteiger partial charge in [-0.2, -0.15) is 0 Å². The second-order valence-corrected chi connectivity index (χ2v) is 3.25. The molecule has 0 saturated heterocycles. The highest BCUT2D eigenvalue weighted by molar-refractivity contribution is 5.45. The van der Waals surface area contributed by atoms with Crippen LogP contribution < -0.4 is 5.32 Å². The highest BCUT2D eigenvalue weighted by Crippen LogP contribution is 2.13. The molecule has 1 aromatic rings. The Labute approximate surface area is 82.8 Å². The van der Waals surface area contributed by atoms with Crippen LogP contribution in [0.3, 0.4) is 0 Å². The third kappa shape index (κ3) is 2.45. The van der Waals surface area contributed by atoms with Crippen LogP contribution in [0.5, 0.6) is 0 Å². The molecule has 78 valence electrons. The molecular formula is C10H15NO3. The van der Waals surface area contributed by atoms with Crippen molar-refractivity contribution in [1.29, 1.82) is 0 Å². The number of aliphatic hydroxyl groups excluding tert-OH is 3. The van der Waals surface area contributed by atoms with Gasteiger partial charge in [-0.3, -0.25) is 0 Å². The van der Waals surface area contributed by atoms with Crippen LogP contribution in [-0.4, -0.2) is 40.7 Å². The van der Waals surface area contributed by atoms with Crippen molar-refractivity contribution in [3.05, 3.63) is 30.3 Å². The molecule has 0 amide bonds. The molecule has 0 aliphatic rings. The average molecular weight is 197 g/mol. The summed E-state index contributed by atoms with van der Waals surface area (Å²) in [5.74, 6) is 0. The van der Waals surface area contributed by atoms with E-state index in [4.69, 9.17) is 15.3 Å². The van der Waals surface area contributed by atoms with E-state index in [2.05, 4.69) is 5.32 Å². The minimum atomic E-state index is -1.05. The van der Waals surface area contributed by atoms with E-state index < -0.39 is 5.54 Å². The van der Waals surface area contributed by atoms with Crippen molar-refractivity contribution >= 4 is 5.69 Å². The standard InChI is InChI=1S/C10H15NO3/c12-6-10(7-13,8-14)11-9-4-2-1-3-5-9/h1-5,11-14H,6-8H2. The molecule has 1 rings (SSSR count). The Morgan fingerprint density at radius 1 is 0.929 bits per heavy atom. The Hall–Kier alpha value is -1.10. The van der Waals surface area contributed by atoms with Crippen molar-refractivity contribution in [3.63, 3.8) is 0 Å². The van der Waals surface area contributed by atoms with Crippen LogP contribution in [0.4, 0.5) is 5.69 Å². The van der Waals surface area contributed by atoms with Crippen molar-refractivity contribution in [2.24, 2.45) is 0 Å². The van der Waals surface area contributed by atoms with Crippen LogP contribution >= 0.6 is 0 Å². The lowest BCUT2D eigenvalue weighted by atomic mass is 10.0. The summed E-state index contributed by atoms with van der Waals surface area (Å²) in [6, 6.07) is 9.13. The van der Waals surface area contributed by atoms with Gasteiger partial charge < -0.3 is 20.6 Å². The first-order valence-electron chi connectivity index (χ1n) is 4.42. The quantitative estimate of drug-likeness (QED) is 0.528. The van der Waals surface area contributed by atoms with Gasteiger partial charge in [-0.1, -0.05) is 18.2 Å². The summed E-state index contributed by atoms with van der Waals surface area (Å²) < 4.78 is 0. The van der Waals surface area contributed by atoms with Gasteiger partial charge in [-0.05, 0) is 12.1 Å². The zero-order valence-electron chi connectivity index (χ0n) is 7.85. The van der Waals surface area contributed by atoms with Crippen molar-refractivity contribution in [1.82, 2.24) is 0 Å². The predicted molar refractivity (Wildman–Crippen MR) is 54.1 cm³/mol. The Morgan fingerprint density at radius 3 is 1.86 bits per heavy atom. The van der Waals surface area contributed by atoms with Gasteiger partial charge in [0.05, 0.1) is 19.8 Å². The van der Waals surface area contributed by atoms with E-state index >= 15 is 0 Å². The molecule has 14 heavy (non-hydrogen) atoms. The smallest absolute Gasteiger partial charge is 0.107 e. The summed E-state index contributed by atoms with van der Waals surface area (Å²) >= 11 is 0. The number of rotatable bonds is 5. The largest absolute Gasteiger partial charge is 0.394 e. The molecule has 0 atom stereocenters. The van der Waals surface area contributed by atoms with Gasteiger partial charge in [0.1, 0.15) is 5.54 Å². The van der Waals surface area contributed by atoms with Gasteiger partial charge >= 0.3 is 0 Å². The molecule has 4 N–H and O–H groups in total. The Bertz CT molecular complexity index is 251. The zero-order valence-corrected chi connectivity index (χ0v) is 7.85. The number of benzene rings is 1. The minimum Gasteiger partial charge on any atom is -0.394 e. The molecular weight excluding hydrogens is 182 g/mol. The molecule has 0 spiro atoms. The Kier molecular flexibility index (Phi) is 3.88. The van der Waals surface area contributed by atoms with Gasteiger partial charge in [0, 0.05) is 5.69 Å². The molecule has 0 aliphatic carbocycles. The molecule has 4 heteroatoms. The maximum atomic E-state index is 9.06. The van der Waals surface area contributed by atoms with E-state index in [1.165, 1.54) is 0 Å². The lowest BCUT2D eigenvalue weighted by Crippen LogP contribution is -2.49. The number of nitrogens with one attached hydrogen (secondary N) is 1. The summed E-state index contributed by atoms with van der Waals surface area (Å²) in [7, 11) is 0. The summed E-state index contributed by atoms with van der Waals surface area (Å²) in [4.78, 5) is 0. The normalized spacial score (nSPS) is 11.4. The minimum absolute atomic E-state index is 0.325. The number of hydrogen-bond acceptors (Lipinski definition) is 4. The maximum absolute atomic E-state index is 9.06. The SMILES string of the molecule is OCC(CO)(CO)Nc1ccccc1. The maximum Gasteiger partial charge on any atom is 0.107 e. The summed E-state index contributed by atoms with van der Waals surface area (Å²) in [5, 5.41) is 30.1. The molecule has 0 saturated carbocycles. The van der Waals surface area contributed by atoms with E-state index in [-0.39, 0.29) is 19.8 Å². The average Bonchev–Trinajstić information content (AvgIpc) is 2.28. The van der Waals surface area contributed by atoms with Crippen LogP contribution in [0, 0.1) is 0 Å². The summed E-state index contributed by atoms with van der Waals surface area (Å²) in [6.45, 7) is -0.974. The third-order valence-electron chi connectivity index (χ3n) is 2.09. The molecule has 0 heterocycles. The van der Waals surface area contributed by atoms with Gasteiger partial charge in [-0.15, -0.1) is 0 Å². The molecule has 0 unspecified atom stereocenters. The van der Waals surface area contributed by atoms with Gasteiger partial charge in [0.25, 0.3) is 0 Å². The van der Waals surface area contributed by atoms with Crippen LogP contribution in [-0.2, 0) is 0 Å². The molecule has 0 radical (unpaired) electrons. The van der Waals surface area contributed by atoms with Crippen molar-refractivity contribution in [2.45, 2.75) is 5.54 Å². The lowest BCUT2D eigenvalue weighted by molar-refractivity contribution is 0.0834. The molecule has 0 fully saturated rings. The fourth-order valence-corrected chi connectivity index (χ4v) is 1.10. The predicted octanol–water partition coefficient (Wildman–Crippen LogP) is -0.186. The van der Waals surface area contributed by atoms with Crippen molar-refractivity contribution < 1.29 is 15.3 Å². The molecule has 0 aliphatic heterocycles. The van der Waals surface area contributed by atoms with Crippen LogP contribution in [0.25, 0.3) is 0 Å². The second-order valence-electron chi connectivity index (χ2n) is 3.25. The topological polar surface area (TPSA) is 72.7 Å². The first-order valence-corrected chi connectivity index (χ1v) is 4.42. The molecule has 0 aromatic heterocycles. The highest BCUT2D eigenvalue weighted by atomic mass is 16.3. The first kappa shape index (κ1) is 11.0. The number of hydrogen-bond donors (Lipinski definition) is 4. The first-order chi connectivity index (χ1) is 6.76. The molecule has 0 bridgehead atoms. The van der Waals surface area contributed by atoms with Gasteiger partial charge in [0.2, 0.25) is 0 Å². The summed E-state index contributed by atoms with van der Waals surface area (Å²) in [5.41, 5.74) is -0.300. The van der Waals surface area contributed by atoms with E-state index in [1.54, 1.807) is 12.1 Å². The Balaban J connectivity index is 2.74. The van der Waals surface area contributed by atoms with Gasteiger partial charge in [-0.25, -0.2) is 0 Å². The highest BCUT2D eigenvalue weighted by Gasteiger charge is 2.27. The van der Waals surface area contributed by atoms with Crippen molar-refractivity contribution in [2.75, 3.05) is 25.1 Å². The fraction of sp³-hybridized carbons (Fsp3) is 0.400. The Morgan fingerprint density at radius 2 is 1.43 bits per heavy atom. The number of aliphatic hydroxyl groups is 3. The van der Waals surface area contributed by atoms with E-state index in [0.29, 0.717) is 0 Å². The lowest BCUT2D eigenvalue weighted by Gasteiger charge is -2.29. The molecule has 1 aromatic carbocycles. The second kappa shape index (κ2) is 4.95. The van der Waals surface area contributed by atoms with Crippen molar-refractivity contribution in [3.8, 4) is 0 Å². The number of para-hydroxylation sites is 1. The monoisotopic (exact) mass is 197 g/mol. The van der Waals surface area contributed by atoms with E-state index in [1.807, 2.05) is 18.2 Å². The van der Waals surface area contributed by atoms with E-state index in [0.717, 1.165) is 5.69 Å². The zero-order chi connectivity index (χ0) is 10.4.